The van der Waals surface area contributed by atoms with Crippen molar-refractivity contribution in [3.8, 4) is 11.3 Å². The lowest BCUT2D eigenvalue weighted by Crippen LogP contribution is -2.29. The Morgan fingerprint density at radius 2 is 1.89 bits per heavy atom. The van der Waals surface area contributed by atoms with E-state index in [1.165, 1.54) is 38.0 Å². The van der Waals surface area contributed by atoms with Crippen LogP contribution >= 0.6 is 0 Å². The Kier molecular flexibility index (Phi) is 3.26. The van der Waals surface area contributed by atoms with Crippen molar-refractivity contribution in [3.05, 3.63) is 48.7 Å². The molecule has 0 bridgehead atoms. The SMILES string of the molecule is [c]1ccccc1-c1ccc(N2CCCCC2)cn1. The lowest BCUT2D eigenvalue weighted by molar-refractivity contribution is 0.577. The average Bonchev–Trinajstić information content (AvgIpc) is 2.49. The number of rotatable bonds is 2. The van der Waals surface area contributed by atoms with Crippen LogP contribution in [0.25, 0.3) is 11.3 Å². The summed E-state index contributed by atoms with van der Waals surface area (Å²) in [6.07, 6.45) is 5.95. The van der Waals surface area contributed by atoms with Gasteiger partial charge < -0.3 is 4.90 Å². The summed E-state index contributed by atoms with van der Waals surface area (Å²) in [5.41, 5.74) is 3.30. The van der Waals surface area contributed by atoms with Gasteiger partial charge in [-0.2, -0.15) is 0 Å². The molecule has 2 heterocycles. The molecule has 0 N–H and O–H groups in total. The largest absolute Gasteiger partial charge is 0.370 e. The summed E-state index contributed by atoms with van der Waals surface area (Å²) < 4.78 is 0. The van der Waals surface area contributed by atoms with Crippen molar-refractivity contribution < 1.29 is 0 Å². The third-order valence-electron chi connectivity index (χ3n) is 3.45. The van der Waals surface area contributed by atoms with Gasteiger partial charge in [-0.15, -0.1) is 0 Å². The highest BCUT2D eigenvalue weighted by molar-refractivity contribution is 5.60. The average molecular weight is 237 g/mol. The second-order valence-corrected chi connectivity index (χ2v) is 4.73. The van der Waals surface area contributed by atoms with E-state index in [9.17, 15) is 0 Å². The summed E-state index contributed by atoms with van der Waals surface area (Å²) in [6, 6.07) is 15.4. The van der Waals surface area contributed by atoms with Crippen molar-refractivity contribution >= 4 is 5.69 Å². The zero-order chi connectivity index (χ0) is 12.2. The Hall–Kier alpha value is -1.83. The molecular weight excluding hydrogens is 220 g/mol. The zero-order valence-corrected chi connectivity index (χ0v) is 10.5. The summed E-state index contributed by atoms with van der Waals surface area (Å²) in [5.74, 6) is 0. The molecule has 0 spiro atoms. The van der Waals surface area contributed by atoms with Crippen LogP contribution in [-0.4, -0.2) is 18.1 Å². The van der Waals surface area contributed by atoms with E-state index in [1.807, 2.05) is 30.5 Å². The van der Waals surface area contributed by atoms with E-state index < -0.39 is 0 Å². The molecule has 2 heteroatoms. The van der Waals surface area contributed by atoms with E-state index in [-0.39, 0.29) is 0 Å². The molecule has 1 aliphatic rings. The summed E-state index contributed by atoms with van der Waals surface area (Å²) >= 11 is 0. The highest BCUT2D eigenvalue weighted by Crippen LogP contribution is 2.22. The molecule has 1 aromatic heterocycles. The minimum Gasteiger partial charge on any atom is -0.370 e. The van der Waals surface area contributed by atoms with Crippen LogP contribution in [0.1, 0.15) is 19.3 Å². The number of hydrogen-bond donors (Lipinski definition) is 0. The third kappa shape index (κ3) is 2.37. The topological polar surface area (TPSA) is 16.1 Å². The van der Waals surface area contributed by atoms with Gasteiger partial charge in [-0.1, -0.05) is 24.3 Å². The molecule has 0 unspecified atom stereocenters. The highest BCUT2D eigenvalue weighted by atomic mass is 15.1. The van der Waals surface area contributed by atoms with Gasteiger partial charge in [0.1, 0.15) is 0 Å². The number of anilines is 1. The van der Waals surface area contributed by atoms with Crippen LogP contribution in [0.15, 0.2) is 42.6 Å². The first kappa shape index (κ1) is 11.3. The summed E-state index contributed by atoms with van der Waals surface area (Å²) in [4.78, 5) is 6.98. The fourth-order valence-corrected chi connectivity index (χ4v) is 2.44. The molecule has 2 nitrogen and oxygen atoms in total. The molecule has 0 atom stereocenters. The van der Waals surface area contributed by atoms with Crippen LogP contribution in [0, 0.1) is 6.07 Å². The second-order valence-electron chi connectivity index (χ2n) is 4.73. The summed E-state index contributed by atoms with van der Waals surface area (Å²) in [5, 5.41) is 0. The standard InChI is InChI=1S/C16H17N2/c1-3-7-14(8-4-1)16-10-9-15(13-17-16)18-11-5-2-6-12-18/h1,3-4,7,9-10,13H,2,5-6,11-12H2. The van der Waals surface area contributed by atoms with E-state index in [2.05, 4.69) is 28.1 Å². The molecule has 0 amide bonds. The zero-order valence-electron chi connectivity index (χ0n) is 10.5. The smallest absolute Gasteiger partial charge is 0.0709 e. The quantitative estimate of drug-likeness (QED) is 0.794. The number of hydrogen-bond acceptors (Lipinski definition) is 2. The Balaban J connectivity index is 1.80. The normalized spacial score (nSPS) is 15.7. The fourth-order valence-electron chi connectivity index (χ4n) is 2.44. The van der Waals surface area contributed by atoms with Crippen molar-refractivity contribution in [2.45, 2.75) is 19.3 Å². The predicted octanol–water partition coefficient (Wildman–Crippen LogP) is 3.54. The molecule has 1 fully saturated rings. The Morgan fingerprint density at radius 1 is 1.00 bits per heavy atom. The number of benzene rings is 1. The van der Waals surface area contributed by atoms with Gasteiger partial charge >= 0.3 is 0 Å². The minimum atomic E-state index is 0.997. The van der Waals surface area contributed by atoms with E-state index >= 15 is 0 Å². The van der Waals surface area contributed by atoms with Crippen molar-refractivity contribution in [2.24, 2.45) is 0 Å². The first-order chi connectivity index (χ1) is 8.93. The van der Waals surface area contributed by atoms with Gasteiger partial charge in [0.05, 0.1) is 17.6 Å². The summed E-state index contributed by atoms with van der Waals surface area (Å²) in [7, 11) is 0. The predicted molar refractivity (Wildman–Crippen MR) is 74.6 cm³/mol. The number of nitrogens with zero attached hydrogens (tertiary/aromatic N) is 2. The van der Waals surface area contributed by atoms with Crippen LogP contribution in [0.4, 0.5) is 5.69 Å². The Labute approximate surface area is 108 Å². The molecule has 3 rings (SSSR count). The number of aromatic nitrogens is 1. The molecule has 91 valence electrons. The van der Waals surface area contributed by atoms with Gasteiger partial charge in [-0.25, -0.2) is 0 Å². The van der Waals surface area contributed by atoms with Crippen molar-refractivity contribution in [1.82, 2.24) is 4.98 Å². The molecule has 0 aliphatic carbocycles. The van der Waals surface area contributed by atoms with Gasteiger partial charge in [-0.05, 0) is 37.5 Å². The molecule has 1 radical (unpaired) electrons. The highest BCUT2D eigenvalue weighted by Gasteiger charge is 2.11. The number of pyridine rings is 1. The molecule has 0 saturated carbocycles. The second kappa shape index (κ2) is 5.21. The van der Waals surface area contributed by atoms with Crippen molar-refractivity contribution in [2.75, 3.05) is 18.0 Å². The van der Waals surface area contributed by atoms with Crippen LogP contribution in [0.5, 0.6) is 0 Å². The van der Waals surface area contributed by atoms with Gasteiger partial charge in [0, 0.05) is 18.7 Å². The molecule has 2 aromatic rings. The molecule has 1 aromatic carbocycles. The van der Waals surface area contributed by atoms with Crippen LogP contribution in [-0.2, 0) is 0 Å². The van der Waals surface area contributed by atoms with Crippen molar-refractivity contribution in [1.29, 1.82) is 0 Å². The van der Waals surface area contributed by atoms with Crippen LogP contribution in [0.2, 0.25) is 0 Å². The molecule has 18 heavy (non-hydrogen) atoms. The number of piperidine rings is 1. The first-order valence-corrected chi connectivity index (χ1v) is 6.61. The lowest BCUT2D eigenvalue weighted by Gasteiger charge is -2.28. The van der Waals surface area contributed by atoms with E-state index in [0.29, 0.717) is 0 Å². The van der Waals surface area contributed by atoms with Gasteiger partial charge in [0.2, 0.25) is 0 Å². The minimum absolute atomic E-state index is 0.997. The molecule has 1 aliphatic heterocycles. The monoisotopic (exact) mass is 237 g/mol. The van der Waals surface area contributed by atoms with E-state index in [4.69, 9.17) is 0 Å². The van der Waals surface area contributed by atoms with Crippen LogP contribution < -0.4 is 4.90 Å². The first-order valence-electron chi connectivity index (χ1n) is 6.61. The molecule has 1 saturated heterocycles. The molecular formula is C16H17N2. The van der Waals surface area contributed by atoms with E-state index in [0.717, 1.165) is 11.3 Å². The summed E-state index contributed by atoms with van der Waals surface area (Å²) in [6.45, 7) is 2.33. The maximum Gasteiger partial charge on any atom is 0.0709 e. The third-order valence-corrected chi connectivity index (χ3v) is 3.45. The van der Waals surface area contributed by atoms with Crippen molar-refractivity contribution in [3.63, 3.8) is 0 Å². The maximum atomic E-state index is 4.55. The maximum absolute atomic E-state index is 4.55. The van der Waals surface area contributed by atoms with E-state index in [1.54, 1.807) is 0 Å². The van der Waals surface area contributed by atoms with Gasteiger partial charge in [0.15, 0.2) is 0 Å². The van der Waals surface area contributed by atoms with Crippen LogP contribution in [0.3, 0.4) is 0 Å². The fraction of sp³-hybridized carbons (Fsp3) is 0.312. The Morgan fingerprint density at radius 3 is 2.56 bits per heavy atom. The van der Waals surface area contributed by atoms with Gasteiger partial charge in [0.25, 0.3) is 0 Å². The lowest BCUT2D eigenvalue weighted by atomic mass is 10.1. The Bertz CT molecular complexity index is 484. The van der Waals surface area contributed by atoms with Gasteiger partial charge in [-0.3, -0.25) is 4.98 Å².